The number of nitrogens with zero attached hydrogens (tertiary/aromatic N) is 1. The fourth-order valence-electron chi connectivity index (χ4n) is 3.59. The Balaban J connectivity index is 1.86. The molecule has 0 spiro atoms. The molecule has 3 rings (SSSR count). The van der Waals surface area contributed by atoms with E-state index in [9.17, 15) is 9.59 Å². The standard InChI is InChI=1S/C26H27ClN2O2/c1-28-26(31)24(18-20-10-4-2-5-11-20)29(19-21-12-6-3-7-13-21)25(30)17-16-22-14-8-9-15-23(22)27/h2-15,24H,16-19H2,1H3,(H,28,31)/t24-/m0/s1. The first-order chi connectivity index (χ1) is 15.1. The van der Waals surface area contributed by atoms with Gasteiger partial charge in [-0.1, -0.05) is 90.5 Å². The number of carbonyl (C=O) groups is 2. The molecule has 0 bridgehead atoms. The zero-order valence-electron chi connectivity index (χ0n) is 17.6. The number of amides is 2. The lowest BCUT2D eigenvalue weighted by atomic mass is 10.0. The van der Waals surface area contributed by atoms with Gasteiger partial charge in [-0.25, -0.2) is 0 Å². The fraction of sp³-hybridized carbons (Fsp3) is 0.231. The molecule has 31 heavy (non-hydrogen) atoms. The van der Waals surface area contributed by atoms with E-state index in [0.717, 1.165) is 16.7 Å². The van der Waals surface area contributed by atoms with Gasteiger partial charge in [-0.05, 0) is 29.2 Å². The van der Waals surface area contributed by atoms with Crippen LogP contribution in [0.1, 0.15) is 23.1 Å². The van der Waals surface area contributed by atoms with Crippen molar-refractivity contribution in [2.45, 2.75) is 31.8 Å². The predicted octanol–water partition coefficient (Wildman–Crippen LogP) is 4.66. The van der Waals surface area contributed by atoms with Crippen LogP contribution in [0.15, 0.2) is 84.9 Å². The average Bonchev–Trinajstić information content (AvgIpc) is 2.81. The highest BCUT2D eigenvalue weighted by molar-refractivity contribution is 6.31. The van der Waals surface area contributed by atoms with Crippen molar-refractivity contribution in [2.75, 3.05) is 7.05 Å². The van der Waals surface area contributed by atoms with Gasteiger partial charge in [0.15, 0.2) is 0 Å². The first-order valence-electron chi connectivity index (χ1n) is 10.4. The van der Waals surface area contributed by atoms with Crippen LogP contribution in [0.5, 0.6) is 0 Å². The first-order valence-corrected chi connectivity index (χ1v) is 10.8. The van der Waals surface area contributed by atoms with Gasteiger partial charge < -0.3 is 10.2 Å². The van der Waals surface area contributed by atoms with E-state index in [2.05, 4.69) is 5.32 Å². The maximum atomic E-state index is 13.4. The molecule has 0 fully saturated rings. The van der Waals surface area contributed by atoms with Crippen LogP contribution in [-0.2, 0) is 29.0 Å². The number of carbonyl (C=O) groups excluding carboxylic acids is 2. The van der Waals surface area contributed by atoms with Crippen molar-refractivity contribution in [3.63, 3.8) is 0 Å². The lowest BCUT2D eigenvalue weighted by Crippen LogP contribution is -2.49. The Kier molecular flexibility index (Phi) is 8.25. The zero-order chi connectivity index (χ0) is 22.1. The second-order valence-corrected chi connectivity index (χ2v) is 7.83. The van der Waals surface area contributed by atoms with Crippen LogP contribution in [0, 0.1) is 0 Å². The minimum Gasteiger partial charge on any atom is -0.357 e. The van der Waals surface area contributed by atoms with Gasteiger partial charge in [0.2, 0.25) is 11.8 Å². The number of benzene rings is 3. The normalized spacial score (nSPS) is 11.5. The van der Waals surface area contributed by atoms with E-state index < -0.39 is 6.04 Å². The molecule has 0 heterocycles. The third-order valence-corrected chi connectivity index (χ3v) is 5.65. The summed E-state index contributed by atoms with van der Waals surface area (Å²) in [5.74, 6) is -0.251. The molecule has 0 unspecified atom stereocenters. The summed E-state index contributed by atoms with van der Waals surface area (Å²) in [5.41, 5.74) is 2.92. The number of halogens is 1. The SMILES string of the molecule is CNC(=O)[C@H](Cc1ccccc1)N(Cc1ccccc1)C(=O)CCc1ccccc1Cl. The Morgan fingerprint density at radius 3 is 2.06 bits per heavy atom. The van der Waals surface area contributed by atoms with E-state index >= 15 is 0 Å². The molecule has 1 N–H and O–H groups in total. The fourth-order valence-corrected chi connectivity index (χ4v) is 3.82. The average molecular weight is 435 g/mol. The number of hydrogen-bond acceptors (Lipinski definition) is 2. The van der Waals surface area contributed by atoms with Gasteiger partial charge in [-0.3, -0.25) is 9.59 Å². The summed E-state index contributed by atoms with van der Waals surface area (Å²) in [6.45, 7) is 0.368. The molecule has 1 atom stereocenters. The van der Waals surface area contributed by atoms with Crippen LogP contribution >= 0.6 is 11.6 Å². The summed E-state index contributed by atoms with van der Waals surface area (Å²) in [6.07, 6.45) is 1.25. The molecule has 0 radical (unpaired) electrons. The Morgan fingerprint density at radius 2 is 1.45 bits per heavy atom. The van der Waals surface area contributed by atoms with Crippen LogP contribution in [0.3, 0.4) is 0 Å². The lowest BCUT2D eigenvalue weighted by Gasteiger charge is -2.31. The summed E-state index contributed by atoms with van der Waals surface area (Å²) in [7, 11) is 1.61. The molecule has 0 aliphatic heterocycles. The molecule has 0 aromatic heterocycles. The Morgan fingerprint density at radius 1 is 0.871 bits per heavy atom. The predicted molar refractivity (Wildman–Crippen MR) is 125 cm³/mol. The van der Waals surface area contributed by atoms with Crippen molar-refractivity contribution in [1.82, 2.24) is 10.2 Å². The molecule has 2 amide bonds. The Bertz CT molecular complexity index is 993. The summed E-state index contributed by atoms with van der Waals surface area (Å²) in [4.78, 5) is 27.9. The van der Waals surface area contributed by atoms with Crippen LogP contribution in [0.4, 0.5) is 0 Å². The summed E-state index contributed by atoms with van der Waals surface area (Å²) in [5, 5.41) is 3.39. The van der Waals surface area contributed by atoms with E-state index in [1.165, 1.54) is 0 Å². The Labute approximate surface area is 188 Å². The lowest BCUT2D eigenvalue weighted by molar-refractivity contribution is -0.141. The van der Waals surface area contributed by atoms with E-state index in [1.807, 2.05) is 84.9 Å². The third-order valence-electron chi connectivity index (χ3n) is 5.28. The van der Waals surface area contributed by atoms with E-state index in [4.69, 9.17) is 11.6 Å². The quantitative estimate of drug-likeness (QED) is 0.532. The summed E-state index contributed by atoms with van der Waals surface area (Å²) in [6, 6.07) is 26.5. The Hall–Kier alpha value is -3.11. The highest BCUT2D eigenvalue weighted by atomic mass is 35.5. The van der Waals surface area contributed by atoms with E-state index in [-0.39, 0.29) is 18.2 Å². The molecule has 0 saturated carbocycles. The molecular formula is C26H27ClN2O2. The van der Waals surface area contributed by atoms with Gasteiger partial charge in [0.25, 0.3) is 0 Å². The molecular weight excluding hydrogens is 408 g/mol. The zero-order valence-corrected chi connectivity index (χ0v) is 18.4. The van der Waals surface area contributed by atoms with Crippen LogP contribution in [0.2, 0.25) is 5.02 Å². The van der Waals surface area contributed by atoms with Crippen molar-refractivity contribution < 1.29 is 9.59 Å². The molecule has 3 aromatic rings. The van der Waals surface area contributed by atoms with Crippen molar-refractivity contribution in [2.24, 2.45) is 0 Å². The number of rotatable bonds is 9. The molecule has 5 heteroatoms. The summed E-state index contributed by atoms with van der Waals surface area (Å²) >= 11 is 6.27. The minimum absolute atomic E-state index is 0.0756. The van der Waals surface area contributed by atoms with Crippen molar-refractivity contribution >= 4 is 23.4 Å². The van der Waals surface area contributed by atoms with Crippen LogP contribution < -0.4 is 5.32 Å². The highest BCUT2D eigenvalue weighted by Gasteiger charge is 2.29. The second-order valence-electron chi connectivity index (χ2n) is 7.42. The molecule has 0 saturated heterocycles. The monoisotopic (exact) mass is 434 g/mol. The largest absolute Gasteiger partial charge is 0.357 e. The van der Waals surface area contributed by atoms with Gasteiger partial charge in [-0.15, -0.1) is 0 Å². The maximum absolute atomic E-state index is 13.4. The van der Waals surface area contributed by atoms with Gasteiger partial charge in [0, 0.05) is 31.5 Å². The third kappa shape index (κ3) is 6.43. The molecule has 4 nitrogen and oxygen atoms in total. The first kappa shape index (κ1) is 22.6. The topological polar surface area (TPSA) is 49.4 Å². The number of aryl methyl sites for hydroxylation is 1. The molecule has 3 aromatic carbocycles. The number of nitrogens with one attached hydrogen (secondary N) is 1. The highest BCUT2D eigenvalue weighted by Crippen LogP contribution is 2.20. The van der Waals surface area contributed by atoms with Crippen molar-refractivity contribution in [3.8, 4) is 0 Å². The minimum atomic E-state index is -0.605. The van der Waals surface area contributed by atoms with Crippen molar-refractivity contribution in [3.05, 3.63) is 107 Å². The summed E-state index contributed by atoms with van der Waals surface area (Å²) < 4.78 is 0. The number of likely N-dealkylation sites (N-methyl/N-ethyl adjacent to an activating group) is 1. The smallest absolute Gasteiger partial charge is 0.242 e. The van der Waals surface area contributed by atoms with Gasteiger partial charge in [0.1, 0.15) is 6.04 Å². The number of hydrogen-bond donors (Lipinski definition) is 1. The van der Waals surface area contributed by atoms with Crippen molar-refractivity contribution in [1.29, 1.82) is 0 Å². The van der Waals surface area contributed by atoms with E-state index in [1.54, 1.807) is 11.9 Å². The second kappa shape index (κ2) is 11.3. The molecule has 160 valence electrons. The van der Waals surface area contributed by atoms with Gasteiger partial charge >= 0.3 is 0 Å². The van der Waals surface area contributed by atoms with Crippen LogP contribution in [-0.4, -0.2) is 29.8 Å². The maximum Gasteiger partial charge on any atom is 0.242 e. The molecule has 0 aliphatic rings. The van der Waals surface area contributed by atoms with Gasteiger partial charge in [-0.2, -0.15) is 0 Å². The van der Waals surface area contributed by atoms with Gasteiger partial charge in [0.05, 0.1) is 0 Å². The van der Waals surface area contributed by atoms with Crippen LogP contribution in [0.25, 0.3) is 0 Å². The van der Waals surface area contributed by atoms with E-state index in [0.29, 0.717) is 24.4 Å². The molecule has 0 aliphatic carbocycles.